The Labute approximate surface area is 105 Å². The summed E-state index contributed by atoms with van der Waals surface area (Å²) in [6, 6.07) is 8.48. The van der Waals surface area contributed by atoms with Crippen LogP contribution in [0, 0.1) is 0 Å². The van der Waals surface area contributed by atoms with E-state index in [4.69, 9.17) is 10.5 Å². The lowest BCUT2D eigenvalue weighted by atomic mass is 10.1. The summed E-state index contributed by atoms with van der Waals surface area (Å²) in [5.74, 6) is 0. The highest BCUT2D eigenvalue weighted by Gasteiger charge is 2.07. The first-order valence-electron chi connectivity index (χ1n) is 6.22. The molecular weight excluding hydrogens is 212 g/mol. The molecule has 17 heavy (non-hydrogen) atoms. The number of anilines is 1. The molecule has 0 fully saturated rings. The van der Waals surface area contributed by atoms with Crippen LogP contribution < -0.4 is 10.6 Å². The molecule has 0 amide bonds. The van der Waals surface area contributed by atoms with Gasteiger partial charge in [0.05, 0.1) is 6.10 Å². The first-order valence-corrected chi connectivity index (χ1v) is 6.22. The zero-order valence-electron chi connectivity index (χ0n) is 11.3. The van der Waals surface area contributed by atoms with Gasteiger partial charge in [-0.05, 0) is 38.5 Å². The van der Waals surface area contributed by atoms with E-state index in [9.17, 15) is 0 Å². The van der Waals surface area contributed by atoms with Gasteiger partial charge in [0.1, 0.15) is 0 Å². The average Bonchev–Trinajstić information content (AvgIpc) is 2.29. The summed E-state index contributed by atoms with van der Waals surface area (Å²) in [6.45, 7) is 7.77. The molecule has 0 aliphatic carbocycles. The SMILES string of the molecule is CCO[C@H](C)CN(C)c1ccc(C(C)N)cc1. The van der Waals surface area contributed by atoms with Crippen molar-refractivity contribution in [3.05, 3.63) is 29.8 Å². The fraction of sp³-hybridized carbons (Fsp3) is 0.571. The van der Waals surface area contributed by atoms with E-state index in [-0.39, 0.29) is 12.1 Å². The van der Waals surface area contributed by atoms with Crippen molar-refractivity contribution in [3.8, 4) is 0 Å². The molecule has 1 aromatic carbocycles. The second-order valence-electron chi connectivity index (χ2n) is 4.53. The van der Waals surface area contributed by atoms with E-state index in [0.29, 0.717) is 0 Å². The molecule has 1 rings (SSSR count). The Bertz CT molecular complexity index is 321. The third kappa shape index (κ3) is 4.36. The highest BCUT2D eigenvalue weighted by molar-refractivity contribution is 5.47. The second-order valence-corrected chi connectivity index (χ2v) is 4.53. The van der Waals surface area contributed by atoms with E-state index in [1.165, 1.54) is 11.3 Å². The number of benzene rings is 1. The van der Waals surface area contributed by atoms with Gasteiger partial charge in [0.25, 0.3) is 0 Å². The molecule has 3 heteroatoms. The molecule has 0 spiro atoms. The minimum atomic E-state index is 0.0942. The van der Waals surface area contributed by atoms with Crippen molar-refractivity contribution in [3.63, 3.8) is 0 Å². The van der Waals surface area contributed by atoms with Crippen molar-refractivity contribution < 1.29 is 4.74 Å². The molecule has 96 valence electrons. The lowest BCUT2D eigenvalue weighted by molar-refractivity contribution is 0.0818. The molecule has 0 aliphatic heterocycles. The highest BCUT2D eigenvalue weighted by Crippen LogP contribution is 2.17. The van der Waals surface area contributed by atoms with Gasteiger partial charge in [0.2, 0.25) is 0 Å². The lowest BCUT2D eigenvalue weighted by Gasteiger charge is -2.23. The van der Waals surface area contributed by atoms with Crippen LogP contribution in [0.4, 0.5) is 5.69 Å². The maximum absolute atomic E-state index is 5.83. The van der Waals surface area contributed by atoms with E-state index < -0.39 is 0 Å². The van der Waals surface area contributed by atoms with Crippen LogP contribution in [-0.2, 0) is 4.74 Å². The van der Waals surface area contributed by atoms with Gasteiger partial charge in [0.15, 0.2) is 0 Å². The molecule has 0 aromatic heterocycles. The molecule has 2 N–H and O–H groups in total. The van der Waals surface area contributed by atoms with Crippen LogP contribution in [0.2, 0.25) is 0 Å². The molecular formula is C14H24N2O. The predicted molar refractivity (Wildman–Crippen MR) is 73.4 cm³/mol. The Hall–Kier alpha value is -1.06. The van der Waals surface area contributed by atoms with Gasteiger partial charge in [0, 0.05) is 31.9 Å². The van der Waals surface area contributed by atoms with Crippen LogP contribution >= 0.6 is 0 Å². The van der Waals surface area contributed by atoms with Gasteiger partial charge in [-0.3, -0.25) is 0 Å². The van der Waals surface area contributed by atoms with Crippen LogP contribution in [0.1, 0.15) is 32.4 Å². The third-order valence-corrected chi connectivity index (χ3v) is 2.84. The molecule has 0 saturated heterocycles. The van der Waals surface area contributed by atoms with E-state index in [2.05, 4.69) is 43.1 Å². The molecule has 1 unspecified atom stereocenters. The van der Waals surface area contributed by atoms with Crippen LogP contribution in [0.3, 0.4) is 0 Å². The van der Waals surface area contributed by atoms with Crippen molar-refractivity contribution in [2.75, 3.05) is 25.1 Å². The van der Waals surface area contributed by atoms with Crippen molar-refractivity contribution in [2.24, 2.45) is 5.73 Å². The normalized spacial score (nSPS) is 14.4. The number of hydrogen-bond acceptors (Lipinski definition) is 3. The number of ether oxygens (including phenoxy) is 1. The molecule has 2 atom stereocenters. The maximum atomic E-state index is 5.83. The number of rotatable bonds is 6. The van der Waals surface area contributed by atoms with Crippen molar-refractivity contribution >= 4 is 5.69 Å². The first-order chi connectivity index (χ1) is 8.04. The van der Waals surface area contributed by atoms with Gasteiger partial charge in [-0.1, -0.05) is 12.1 Å². The van der Waals surface area contributed by atoms with Gasteiger partial charge < -0.3 is 15.4 Å². The summed E-state index contributed by atoms with van der Waals surface area (Å²) in [7, 11) is 2.08. The van der Waals surface area contributed by atoms with Crippen LogP contribution in [0.15, 0.2) is 24.3 Å². The molecule has 0 saturated carbocycles. The number of hydrogen-bond donors (Lipinski definition) is 1. The Morgan fingerprint density at radius 2 is 1.82 bits per heavy atom. The largest absolute Gasteiger partial charge is 0.377 e. The van der Waals surface area contributed by atoms with Gasteiger partial charge in [-0.15, -0.1) is 0 Å². The summed E-state index contributed by atoms with van der Waals surface area (Å²) >= 11 is 0. The third-order valence-electron chi connectivity index (χ3n) is 2.84. The fourth-order valence-electron chi connectivity index (χ4n) is 1.86. The summed E-state index contributed by atoms with van der Waals surface area (Å²) in [5.41, 5.74) is 8.19. The highest BCUT2D eigenvalue weighted by atomic mass is 16.5. The second kappa shape index (κ2) is 6.62. The Balaban J connectivity index is 2.60. The summed E-state index contributed by atoms with van der Waals surface area (Å²) in [4.78, 5) is 2.20. The average molecular weight is 236 g/mol. The van der Waals surface area contributed by atoms with E-state index in [1.807, 2.05) is 13.8 Å². The predicted octanol–water partition coefficient (Wildman–Crippen LogP) is 2.57. The first kappa shape index (κ1) is 14.0. The summed E-state index contributed by atoms with van der Waals surface area (Å²) < 4.78 is 5.53. The zero-order chi connectivity index (χ0) is 12.8. The summed E-state index contributed by atoms with van der Waals surface area (Å²) in [5, 5.41) is 0. The van der Waals surface area contributed by atoms with E-state index in [1.54, 1.807) is 0 Å². The van der Waals surface area contributed by atoms with Crippen LogP contribution in [-0.4, -0.2) is 26.3 Å². The van der Waals surface area contributed by atoms with E-state index in [0.717, 1.165) is 13.2 Å². The van der Waals surface area contributed by atoms with E-state index >= 15 is 0 Å². The van der Waals surface area contributed by atoms with Gasteiger partial charge in [-0.25, -0.2) is 0 Å². The number of nitrogens with zero attached hydrogens (tertiary/aromatic N) is 1. The maximum Gasteiger partial charge on any atom is 0.0721 e. The van der Waals surface area contributed by atoms with Crippen molar-refractivity contribution in [2.45, 2.75) is 32.9 Å². The molecule has 0 heterocycles. The monoisotopic (exact) mass is 236 g/mol. The molecule has 3 nitrogen and oxygen atoms in total. The molecule has 1 aromatic rings. The minimum absolute atomic E-state index is 0.0942. The molecule has 0 bridgehead atoms. The van der Waals surface area contributed by atoms with Crippen LogP contribution in [0.25, 0.3) is 0 Å². The lowest BCUT2D eigenvalue weighted by Crippen LogP contribution is -2.29. The smallest absolute Gasteiger partial charge is 0.0721 e. The topological polar surface area (TPSA) is 38.5 Å². The van der Waals surface area contributed by atoms with Gasteiger partial charge >= 0.3 is 0 Å². The van der Waals surface area contributed by atoms with Crippen molar-refractivity contribution in [1.82, 2.24) is 0 Å². The zero-order valence-corrected chi connectivity index (χ0v) is 11.3. The Morgan fingerprint density at radius 1 is 1.24 bits per heavy atom. The minimum Gasteiger partial charge on any atom is -0.377 e. The number of likely N-dealkylation sites (N-methyl/N-ethyl adjacent to an activating group) is 1. The molecule has 0 aliphatic rings. The fourth-order valence-corrected chi connectivity index (χ4v) is 1.86. The van der Waals surface area contributed by atoms with Crippen molar-refractivity contribution in [1.29, 1.82) is 0 Å². The standard InChI is InChI=1S/C14H24N2O/c1-5-17-11(2)10-16(4)14-8-6-13(7-9-14)12(3)15/h6-9,11-12H,5,10,15H2,1-4H3/t11-,12?/m1/s1. The number of nitrogens with two attached hydrogens (primary N) is 1. The Morgan fingerprint density at radius 3 is 2.29 bits per heavy atom. The quantitative estimate of drug-likeness (QED) is 0.825. The summed E-state index contributed by atoms with van der Waals surface area (Å²) in [6.07, 6.45) is 0.248. The molecule has 0 radical (unpaired) electrons. The van der Waals surface area contributed by atoms with Crippen LogP contribution in [0.5, 0.6) is 0 Å². The Kier molecular flexibility index (Phi) is 5.45. The van der Waals surface area contributed by atoms with Gasteiger partial charge in [-0.2, -0.15) is 0 Å².